The fourth-order valence-corrected chi connectivity index (χ4v) is 4.16. The molecular weight excluding hydrogens is 431 g/mol. The van der Waals surface area contributed by atoms with Crippen molar-refractivity contribution in [3.63, 3.8) is 0 Å². The second kappa shape index (κ2) is 9.43. The van der Waals surface area contributed by atoms with Crippen LogP contribution in [0, 0.1) is 11.7 Å². The van der Waals surface area contributed by atoms with Crippen molar-refractivity contribution in [2.45, 2.75) is 27.2 Å². The minimum absolute atomic E-state index is 0.00223. The number of nitrogens with one attached hydrogen (secondary N) is 1. The zero-order valence-corrected chi connectivity index (χ0v) is 19.3. The molecular formula is C28H25FN2O3. The average molecular weight is 457 g/mol. The SMILES string of the molecule is C/C=c1\[nH]c(=O)/c(=C\C2=CC=C(c3cccc(C(=O)CC)c3)C2C)c(=O)n1-c1ccc(F)cc1. The molecule has 34 heavy (non-hydrogen) atoms. The molecule has 1 unspecified atom stereocenters. The van der Waals surface area contributed by atoms with Crippen molar-refractivity contribution in [2.75, 3.05) is 0 Å². The van der Waals surface area contributed by atoms with Crippen LogP contribution in [0.2, 0.25) is 0 Å². The maximum atomic E-state index is 13.4. The first kappa shape index (κ1) is 23.1. The highest BCUT2D eigenvalue weighted by Gasteiger charge is 2.20. The number of hydrogen-bond acceptors (Lipinski definition) is 3. The van der Waals surface area contributed by atoms with Crippen LogP contribution in [0.1, 0.15) is 43.1 Å². The molecule has 6 heteroatoms. The first-order chi connectivity index (χ1) is 16.3. The van der Waals surface area contributed by atoms with Gasteiger partial charge < -0.3 is 4.98 Å². The van der Waals surface area contributed by atoms with E-state index >= 15 is 0 Å². The van der Waals surface area contributed by atoms with Gasteiger partial charge in [0, 0.05) is 17.9 Å². The standard InChI is InChI=1S/C28H25FN2O3/c1-4-25(32)20-8-6-7-19(15-20)23-14-9-18(17(23)3)16-24-27(33)30-26(5-2)31(28(24)34)22-12-10-21(29)11-13-22/h5-17H,4H2,1-3H3,(H,30,33)/b24-16+,26-5+. The maximum absolute atomic E-state index is 13.4. The van der Waals surface area contributed by atoms with Crippen molar-refractivity contribution >= 4 is 23.5 Å². The Bertz CT molecular complexity index is 1570. The predicted octanol–water partition coefficient (Wildman–Crippen LogP) is 3.50. The van der Waals surface area contributed by atoms with Crippen molar-refractivity contribution in [1.29, 1.82) is 0 Å². The summed E-state index contributed by atoms with van der Waals surface area (Å²) in [6.45, 7) is 5.54. The number of aromatic amines is 1. The van der Waals surface area contributed by atoms with Crippen LogP contribution >= 0.6 is 0 Å². The summed E-state index contributed by atoms with van der Waals surface area (Å²) < 4.78 is 14.8. The fourth-order valence-electron chi connectivity index (χ4n) is 4.16. The highest BCUT2D eigenvalue weighted by Crippen LogP contribution is 2.35. The number of ketones is 1. The molecule has 0 radical (unpaired) electrons. The van der Waals surface area contributed by atoms with Crippen LogP contribution < -0.4 is 21.8 Å². The molecule has 0 bridgehead atoms. The Labute approximate surface area is 195 Å². The first-order valence-electron chi connectivity index (χ1n) is 11.2. The number of allylic oxidation sites excluding steroid dienone is 4. The van der Waals surface area contributed by atoms with Gasteiger partial charge in [-0.2, -0.15) is 0 Å². The Hall–Kier alpha value is -4.06. The number of benzene rings is 2. The molecule has 0 amide bonds. The van der Waals surface area contributed by atoms with Gasteiger partial charge in [-0.05, 0) is 66.1 Å². The highest BCUT2D eigenvalue weighted by atomic mass is 19.1. The lowest BCUT2D eigenvalue weighted by Gasteiger charge is -2.13. The molecule has 1 N–H and O–H groups in total. The molecule has 0 fully saturated rings. The van der Waals surface area contributed by atoms with Crippen molar-refractivity contribution in [3.05, 3.63) is 115 Å². The van der Waals surface area contributed by atoms with Crippen LogP contribution in [-0.2, 0) is 0 Å². The Morgan fingerprint density at radius 1 is 1.12 bits per heavy atom. The van der Waals surface area contributed by atoms with Gasteiger partial charge in [0.1, 0.15) is 16.5 Å². The number of aromatic nitrogens is 2. The van der Waals surface area contributed by atoms with E-state index in [0.29, 0.717) is 23.2 Å². The molecule has 0 aliphatic heterocycles. The maximum Gasteiger partial charge on any atom is 0.269 e. The molecule has 172 valence electrons. The van der Waals surface area contributed by atoms with E-state index in [1.165, 1.54) is 28.8 Å². The van der Waals surface area contributed by atoms with Crippen molar-refractivity contribution < 1.29 is 9.18 Å². The number of H-pyrrole nitrogens is 1. The molecule has 1 aliphatic carbocycles. The van der Waals surface area contributed by atoms with Gasteiger partial charge >= 0.3 is 0 Å². The smallest absolute Gasteiger partial charge is 0.269 e. The quantitative estimate of drug-likeness (QED) is 0.598. The lowest BCUT2D eigenvalue weighted by atomic mass is 9.90. The number of carbonyl (C=O) groups excluding carboxylic acids is 1. The number of nitrogens with zero attached hydrogens (tertiary/aromatic N) is 1. The number of Topliss-reactive ketones (excluding diaryl/α,β-unsaturated/α-hetero) is 1. The lowest BCUT2D eigenvalue weighted by Crippen LogP contribution is -2.53. The Morgan fingerprint density at radius 3 is 2.53 bits per heavy atom. The molecule has 1 atom stereocenters. The number of rotatable bonds is 5. The summed E-state index contributed by atoms with van der Waals surface area (Å²) >= 11 is 0. The summed E-state index contributed by atoms with van der Waals surface area (Å²) in [5.74, 6) is -0.417. The van der Waals surface area contributed by atoms with Gasteiger partial charge in [0.05, 0.1) is 5.69 Å². The van der Waals surface area contributed by atoms with E-state index in [9.17, 15) is 18.8 Å². The molecule has 5 nitrogen and oxygen atoms in total. The van der Waals surface area contributed by atoms with E-state index in [4.69, 9.17) is 0 Å². The molecule has 0 spiro atoms. The largest absolute Gasteiger partial charge is 0.308 e. The van der Waals surface area contributed by atoms with Gasteiger partial charge in [-0.15, -0.1) is 0 Å². The molecule has 1 aromatic heterocycles. The highest BCUT2D eigenvalue weighted by molar-refractivity contribution is 5.97. The predicted molar refractivity (Wildman–Crippen MR) is 133 cm³/mol. The molecule has 0 saturated carbocycles. The van der Waals surface area contributed by atoms with E-state index in [1.807, 2.05) is 44.2 Å². The van der Waals surface area contributed by atoms with E-state index in [0.717, 1.165) is 16.7 Å². The van der Waals surface area contributed by atoms with E-state index in [-0.39, 0.29) is 16.9 Å². The third kappa shape index (κ3) is 4.27. The van der Waals surface area contributed by atoms with Gasteiger partial charge in [0.15, 0.2) is 5.78 Å². The zero-order chi connectivity index (χ0) is 24.4. The number of hydrogen-bond donors (Lipinski definition) is 1. The summed E-state index contributed by atoms with van der Waals surface area (Å²) in [6.07, 6.45) is 7.50. The van der Waals surface area contributed by atoms with Crippen LogP contribution in [0.15, 0.2) is 75.8 Å². The van der Waals surface area contributed by atoms with Gasteiger partial charge in [0.2, 0.25) is 0 Å². The van der Waals surface area contributed by atoms with Crippen molar-refractivity contribution in [3.8, 4) is 5.69 Å². The van der Waals surface area contributed by atoms with Crippen molar-refractivity contribution in [1.82, 2.24) is 9.55 Å². The van der Waals surface area contributed by atoms with Gasteiger partial charge in [0.25, 0.3) is 11.1 Å². The Balaban J connectivity index is 1.77. The number of halogens is 1. The molecule has 3 aromatic rings. The summed E-state index contributed by atoms with van der Waals surface area (Å²) in [5.41, 5.74) is 3.21. The van der Waals surface area contributed by atoms with Gasteiger partial charge in [-0.1, -0.05) is 44.2 Å². The fraction of sp³-hybridized carbons (Fsp3) is 0.179. The van der Waals surface area contributed by atoms with Crippen LogP contribution in [0.25, 0.3) is 23.4 Å². The second-order valence-electron chi connectivity index (χ2n) is 8.17. The number of carbonyl (C=O) groups is 1. The zero-order valence-electron chi connectivity index (χ0n) is 19.3. The molecule has 1 heterocycles. The van der Waals surface area contributed by atoms with Gasteiger partial charge in [-0.3, -0.25) is 19.0 Å². The second-order valence-corrected chi connectivity index (χ2v) is 8.17. The van der Waals surface area contributed by atoms with Crippen LogP contribution in [-0.4, -0.2) is 15.3 Å². The minimum atomic E-state index is -0.492. The molecule has 2 aromatic carbocycles. The molecule has 4 rings (SSSR count). The third-order valence-corrected chi connectivity index (χ3v) is 6.09. The topological polar surface area (TPSA) is 71.9 Å². The normalized spacial score (nSPS) is 16.5. The Kier molecular flexibility index (Phi) is 6.41. The van der Waals surface area contributed by atoms with Crippen LogP contribution in [0.3, 0.4) is 0 Å². The van der Waals surface area contributed by atoms with E-state index < -0.39 is 16.9 Å². The lowest BCUT2D eigenvalue weighted by molar-refractivity contribution is 0.0988. The van der Waals surface area contributed by atoms with Crippen molar-refractivity contribution in [2.24, 2.45) is 5.92 Å². The van der Waals surface area contributed by atoms with E-state index in [1.54, 1.807) is 25.1 Å². The summed E-state index contributed by atoms with van der Waals surface area (Å²) in [4.78, 5) is 41.0. The summed E-state index contributed by atoms with van der Waals surface area (Å²) in [7, 11) is 0. The molecule has 0 saturated heterocycles. The first-order valence-corrected chi connectivity index (χ1v) is 11.2. The van der Waals surface area contributed by atoms with Crippen LogP contribution in [0.5, 0.6) is 0 Å². The van der Waals surface area contributed by atoms with Gasteiger partial charge in [-0.25, -0.2) is 4.39 Å². The summed E-state index contributed by atoms with van der Waals surface area (Å²) in [6, 6.07) is 13.0. The molecule has 1 aliphatic rings. The summed E-state index contributed by atoms with van der Waals surface area (Å²) in [5, 5.41) is -0.00223. The van der Waals surface area contributed by atoms with E-state index in [2.05, 4.69) is 4.98 Å². The monoisotopic (exact) mass is 456 g/mol. The third-order valence-electron chi connectivity index (χ3n) is 6.09. The van der Waals surface area contributed by atoms with Crippen LogP contribution in [0.4, 0.5) is 4.39 Å². The minimum Gasteiger partial charge on any atom is -0.308 e. The Morgan fingerprint density at radius 2 is 1.85 bits per heavy atom. The average Bonchev–Trinajstić information content (AvgIpc) is 3.21.